The van der Waals surface area contributed by atoms with Crippen molar-refractivity contribution in [2.45, 2.75) is 38.3 Å². The van der Waals surface area contributed by atoms with Crippen molar-refractivity contribution in [3.8, 4) is 5.75 Å². The Hall–Kier alpha value is -2.53. The molecule has 1 amide bonds. The molecular weight excluding hydrogens is 340 g/mol. The van der Waals surface area contributed by atoms with Crippen LogP contribution < -0.4 is 10.2 Å². The first-order valence-electron chi connectivity index (χ1n) is 9.62. The van der Waals surface area contributed by atoms with E-state index < -0.39 is 0 Å². The summed E-state index contributed by atoms with van der Waals surface area (Å²) in [4.78, 5) is 13.9. The number of benzene rings is 2. The zero-order valence-electron chi connectivity index (χ0n) is 15.7. The van der Waals surface area contributed by atoms with Crippen molar-refractivity contribution >= 4 is 17.3 Å². The molecule has 5 nitrogen and oxygen atoms in total. The molecule has 0 radical (unpaired) electrons. The first kappa shape index (κ1) is 16.6. The highest BCUT2D eigenvalue weighted by Crippen LogP contribution is 2.55. The monoisotopic (exact) mass is 364 g/mol. The van der Waals surface area contributed by atoms with E-state index in [1.54, 1.807) is 19.1 Å². The van der Waals surface area contributed by atoms with Crippen LogP contribution in [0.2, 0.25) is 0 Å². The number of ether oxygens (including phenoxy) is 1. The second-order valence-electron chi connectivity index (χ2n) is 8.01. The maximum absolute atomic E-state index is 12.0. The summed E-state index contributed by atoms with van der Waals surface area (Å²) in [6.45, 7) is 5.28. The van der Waals surface area contributed by atoms with Crippen LogP contribution in [0.4, 0.5) is 11.4 Å². The van der Waals surface area contributed by atoms with Crippen molar-refractivity contribution in [1.29, 1.82) is 0 Å². The Labute approximate surface area is 158 Å². The molecule has 0 unspecified atom stereocenters. The van der Waals surface area contributed by atoms with Crippen LogP contribution in [0, 0.1) is 5.92 Å². The second-order valence-corrected chi connectivity index (χ2v) is 8.01. The number of anilines is 2. The summed E-state index contributed by atoms with van der Waals surface area (Å²) < 4.78 is 6.31. The van der Waals surface area contributed by atoms with Crippen molar-refractivity contribution < 1.29 is 14.6 Å². The van der Waals surface area contributed by atoms with E-state index in [2.05, 4.69) is 24.4 Å². The fourth-order valence-corrected chi connectivity index (χ4v) is 5.10. The number of phenols is 1. The molecule has 3 aliphatic rings. The van der Waals surface area contributed by atoms with Crippen LogP contribution in [0.25, 0.3) is 0 Å². The van der Waals surface area contributed by atoms with Gasteiger partial charge < -0.3 is 20.1 Å². The van der Waals surface area contributed by atoms with Crippen LogP contribution in [0.3, 0.4) is 0 Å². The second kappa shape index (κ2) is 5.73. The average Bonchev–Trinajstić information content (AvgIpc) is 3.24. The molecule has 140 valence electrons. The highest BCUT2D eigenvalue weighted by atomic mass is 16.5. The van der Waals surface area contributed by atoms with Crippen LogP contribution in [0.15, 0.2) is 36.4 Å². The minimum atomic E-state index is -0.386. The largest absolute Gasteiger partial charge is 0.508 e. The van der Waals surface area contributed by atoms with Gasteiger partial charge in [-0.15, -0.1) is 0 Å². The molecule has 0 aliphatic carbocycles. The fraction of sp³-hybridized carbons (Fsp3) is 0.409. The van der Waals surface area contributed by atoms with Crippen molar-refractivity contribution in [1.82, 2.24) is 0 Å². The lowest BCUT2D eigenvalue weighted by atomic mass is 9.72. The minimum Gasteiger partial charge on any atom is -0.508 e. The SMILES string of the molecule is CC(=O)N1CCc2cc3c(cc21)[C@@]1(C)OCC[C@H]1[C@H](c1ccc(O)cc1)N3. The van der Waals surface area contributed by atoms with E-state index in [1.807, 2.05) is 17.0 Å². The Balaban J connectivity index is 1.63. The molecule has 2 aromatic rings. The van der Waals surface area contributed by atoms with Gasteiger partial charge in [0.05, 0.1) is 11.6 Å². The zero-order valence-corrected chi connectivity index (χ0v) is 15.7. The van der Waals surface area contributed by atoms with Gasteiger partial charge in [0.2, 0.25) is 5.91 Å². The van der Waals surface area contributed by atoms with Gasteiger partial charge in [0.15, 0.2) is 0 Å². The molecule has 2 N–H and O–H groups in total. The standard InChI is InChI=1S/C22H24N2O3/c1-13(25)24-9-7-15-11-19-18(12-20(15)24)22(2)17(8-10-27-22)21(23-19)14-3-5-16(26)6-4-14/h3-6,11-12,17,21,23,26H,7-10H2,1-2H3/t17-,21-,22-/m0/s1. The number of rotatable bonds is 1. The van der Waals surface area contributed by atoms with Crippen LogP contribution in [-0.4, -0.2) is 24.2 Å². The maximum atomic E-state index is 12.0. The van der Waals surface area contributed by atoms with Gasteiger partial charge in [-0.05, 0) is 55.2 Å². The van der Waals surface area contributed by atoms with Crippen LogP contribution in [0.5, 0.6) is 5.75 Å². The number of fused-ring (bicyclic) bond motifs is 4. The summed E-state index contributed by atoms with van der Waals surface area (Å²) in [7, 11) is 0. The Morgan fingerprint density at radius 2 is 2.07 bits per heavy atom. The highest BCUT2D eigenvalue weighted by Gasteiger charge is 2.51. The van der Waals surface area contributed by atoms with Gasteiger partial charge in [-0.3, -0.25) is 4.79 Å². The zero-order chi connectivity index (χ0) is 18.8. The number of phenolic OH excluding ortho intramolecular Hbond substituents is 1. The molecule has 3 heterocycles. The molecule has 3 aliphatic heterocycles. The molecule has 1 saturated heterocycles. The molecule has 0 spiro atoms. The van der Waals surface area contributed by atoms with E-state index in [4.69, 9.17) is 4.74 Å². The number of carbonyl (C=O) groups is 1. The fourth-order valence-electron chi connectivity index (χ4n) is 5.10. The summed E-state index contributed by atoms with van der Waals surface area (Å²) in [5.41, 5.74) is 5.25. The van der Waals surface area contributed by atoms with E-state index in [-0.39, 0.29) is 23.3 Å². The number of aromatic hydroxyl groups is 1. The normalized spacial score (nSPS) is 28.3. The molecule has 1 fully saturated rings. The molecule has 2 aromatic carbocycles. The summed E-state index contributed by atoms with van der Waals surface area (Å²) >= 11 is 0. The summed E-state index contributed by atoms with van der Waals surface area (Å²) in [6, 6.07) is 12.0. The third kappa shape index (κ3) is 2.38. The first-order chi connectivity index (χ1) is 13.0. The summed E-state index contributed by atoms with van der Waals surface area (Å²) in [5, 5.41) is 13.4. The predicted octanol–water partition coefficient (Wildman–Crippen LogP) is 3.72. The quantitative estimate of drug-likeness (QED) is 0.810. The smallest absolute Gasteiger partial charge is 0.223 e. The summed E-state index contributed by atoms with van der Waals surface area (Å²) in [6.07, 6.45) is 1.86. The third-order valence-corrected chi connectivity index (χ3v) is 6.53. The maximum Gasteiger partial charge on any atom is 0.223 e. The first-order valence-corrected chi connectivity index (χ1v) is 9.62. The van der Waals surface area contributed by atoms with E-state index in [1.165, 1.54) is 5.56 Å². The number of hydrogen-bond acceptors (Lipinski definition) is 4. The van der Waals surface area contributed by atoms with E-state index in [0.717, 1.165) is 48.5 Å². The van der Waals surface area contributed by atoms with Gasteiger partial charge in [-0.25, -0.2) is 0 Å². The van der Waals surface area contributed by atoms with Crippen LogP contribution in [-0.2, 0) is 21.6 Å². The molecule has 5 rings (SSSR count). The average molecular weight is 364 g/mol. The van der Waals surface area contributed by atoms with Gasteiger partial charge in [-0.2, -0.15) is 0 Å². The molecule has 27 heavy (non-hydrogen) atoms. The van der Waals surface area contributed by atoms with Crippen LogP contribution >= 0.6 is 0 Å². The highest BCUT2D eigenvalue weighted by molar-refractivity contribution is 5.94. The van der Waals surface area contributed by atoms with Gasteiger partial charge in [0.1, 0.15) is 5.75 Å². The summed E-state index contributed by atoms with van der Waals surface area (Å²) in [5.74, 6) is 0.663. The lowest BCUT2D eigenvalue weighted by Gasteiger charge is -2.43. The Kier molecular flexibility index (Phi) is 3.53. The number of nitrogens with zero attached hydrogens (tertiary/aromatic N) is 1. The molecule has 3 atom stereocenters. The predicted molar refractivity (Wildman–Crippen MR) is 104 cm³/mol. The third-order valence-electron chi connectivity index (χ3n) is 6.53. The molecular formula is C22H24N2O3. The number of nitrogens with one attached hydrogen (secondary N) is 1. The Morgan fingerprint density at radius 3 is 2.81 bits per heavy atom. The van der Waals surface area contributed by atoms with E-state index >= 15 is 0 Å². The minimum absolute atomic E-state index is 0.0912. The van der Waals surface area contributed by atoms with E-state index in [9.17, 15) is 9.90 Å². The van der Waals surface area contributed by atoms with Crippen LogP contribution in [0.1, 0.15) is 43.0 Å². The molecule has 0 aromatic heterocycles. The van der Waals surface area contributed by atoms with Crippen molar-refractivity contribution in [2.24, 2.45) is 5.92 Å². The van der Waals surface area contributed by atoms with Crippen molar-refractivity contribution in [2.75, 3.05) is 23.4 Å². The van der Waals surface area contributed by atoms with Gasteiger partial charge in [0, 0.05) is 42.9 Å². The lowest BCUT2D eigenvalue weighted by Crippen LogP contribution is -2.41. The number of carbonyl (C=O) groups excluding carboxylic acids is 1. The number of hydrogen-bond donors (Lipinski definition) is 2. The van der Waals surface area contributed by atoms with E-state index in [0.29, 0.717) is 5.92 Å². The lowest BCUT2D eigenvalue weighted by molar-refractivity contribution is -0.116. The number of amides is 1. The van der Waals surface area contributed by atoms with Gasteiger partial charge in [0.25, 0.3) is 0 Å². The molecule has 5 heteroatoms. The molecule has 0 saturated carbocycles. The van der Waals surface area contributed by atoms with Crippen molar-refractivity contribution in [3.05, 3.63) is 53.1 Å². The van der Waals surface area contributed by atoms with Crippen molar-refractivity contribution in [3.63, 3.8) is 0 Å². The Morgan fingerprint density at radius 1 is 1.30 bits per heavy atom. The van der Waals surface area contributed by atoms with Gasteiger partial charge in [-0.1, -0.05) is 12.1 Å². The molecule has 0 bridgehead atoms. The topological polar surface area (TPSA) is 61.8 Å². The van der Waals surface area contributed by atoms with Gasteiger partial charge >= 0.3 is 0 Å². The Bertz CT molecular complexity index is 924.